The average Bonchev–Trinajstić information content (AvgIpc) is 2.89. The molecule has 2 heteroatoms. The molecule has 0 amide bonds. The van der Waals surface area contributed by atoms with Crippen molar-refractivity contribution in [3.63, 3.8) is 0 Å². The van der Waals surface area contributed by atoms with Gasteiger partial charge in [-0.25, -0.2) is 0 Å². The van der Waals surface area contributed by atoms with Crippen LogP contribution in [0.15, 0.2) is 30.3 Å². The summed E-state index contributed by atoms with van der Waals surface area (Å²) >= 11 is 0. The minimum Gasteiger partial charge on any atom is -0.494 e. The van der Waals surface area contributed by atoms with E-state index in [4.69, 9.17) is 4.74 Å². The molecule has 2 rings (SSSR count). The van der Waals surface area contributed by atoms with E-state index in [0.717, 1.165) is 25.0 Å². The average molecular weight is 232 g/mol. The largest absolute Gasteiger partial charge is 0.494 e. The van der Waals surface area contributed by atoms with Crippen LogP contribution in [0.2, 0.25) is 0 Å². The monoisotopic (exact) mass is 232 g/mol. The van der Waals surface area contributed by atoms with E-state index in [0.29, 0.717) is 24.7 Å². The molecular formula is C15H20O2. The predicted molar refractivity (Wildman–Crippen MR) is 68.1 cm³/mol. The summed E-state index contributed by atoms with van der Waals surface area (Å²) in [6.07, 6.45) is 6.20. The fraction of sp³-hybridized carbons (Fsp3) is 0.533. The first-order valence-electron chi connectivity index (χ1n) is 6.57. The molecule has 0 aromatic heterocycles. The molecule has 1 aliphatic rings. The highest BCUT2D eigenvalue weighted by Crippen LogP contribution is 2.26. The third-order valence-electron chi connectivity index (χ3n) is 3.39. The molecule has 1 aliphatic carbocycles. The maximum absolute atomic E-state index is 11.8. The van der Waals surface area contributed by atoms with Crippen LogP contribution in [-0.4, -0.2) is 12.4 Å². The number of benzene rings is 1. The maximum atomic E-state index is 11.8. The Bertz CT molecular complexity index is 339. The minimum atomic E-state index is 0.353. The van der Waals surface area contributed by atoms with E-state index in [-0.39, 0.29) is 0 Å². The lowest BCUT2D eigenvalue weighted by molar-refractivity contribution is -0.122. The van der Waals surface area contributed by atoms with Gasteiger partial charge in [0.25, 0.3) is 0 Å². The van der Waals surface area contributed by atoms with Crippen LogP contribution in [0.1, 0.15) is 38.5 Å². The summed E-state index contributed by atoms with van der Waals surface area (Å²) in [6, 6.07) is 9.77. The second-order valence-corrected chi connectivity index (χ2v) is 4.71. The van der Waals surface area contributed by atoms with Gasteiger partial charge in [0.2, 0.25) is 0 Å². The number of Topliss-reactive ketones (excluding diaryl/α,β-unsaturated/α-hetero) is 1. The highest BCUT2D eigenvalue weighted by atomic mass is 16.5. The van der Waals surface area contributed by atoms with Gasteiger partial charge in [0.05, 0.1) is 6.61 Å². The predicted octanol–water partition coefficient (Wildman–Crippen LogP) is 3.60. The molecule has 17 heavy (non-hydrogen) atoms. The summed E-state index contributed by atoms with van der Waals surface area (Å²) in [5.41, 5.74) is 0. The van der Waals surface area contributed by atoms with E-state index in [2.05, 4.69) is 0 Å². The molecule has 0 spiro atoms. The van der Waals surface area contributed by atoms with Gasteiger partial charge < -0.3 is 4.74 Å². The highest BCUT2D eigenvalue weighted by molar-refractivity contribution is 5.81. The Balaban J connectivity index is 1.61. The van der Waals surface area contributed by atoms with Crippen molar-refractivity contribution >= 4 is 5.78 Å². The Morgan fingerprint density at radius 1 is 1.18 bits per heavy atom. The van der Waals surface area contributed by atoms with Crippen LogP contribution >= 0.6 is 0 Å². The molecule has 0 atom stereocenters. The Morgan fingerprint density at radius 2 is 1.88 bits per heavy atom. The molecule has 0 radical (unpaired) electrons. The molecule has 0 unspecified atom stereocenters. The van der Waals surface area contributed by atoms with Crippen molar-refractivity contribution in [3.05, 3.63) is 30.3 Å². The summed E-state index contributed by atoms with van der Waals surface area (Å²) in [5, 5.41) is 0. The summed E-state index contributed by atoms with van der Waals surface area (Å²) in [7, 11) is 0. The lowest BCUT2D eigenvalue weighted by Crippen LogP contribution is -2.11. The molecule has 2 nitrogen and oxygen atoms in total. The molecule has 92 valence electrons. The highest BCUT2D eigenvalue weighted by Gasteiger charge is 2.21. The van der Waals surface area contributed by atoms with Crippen LogP contribution in [0, 0.1) is 5.92 Å². The Morgan fingerprint density at radius 3 is 2.59 bits per heavy atom. The minimum absolute atomic E-state index is 0.353. The topological polar surface area (TPSA) is 26.3 Å². The summed E-state index contributed by atoms with van der Waals surface area (Å²) in [4.78, 5) is 11.8. The zero-order valence-electron chi connectivity index (χ0n) is 10.2. The quantitative estimate of drug-likeness (QED) is 0.700. The van der Waals surface area contributed by atoms with Crippen LogP contribution in [0.5, 0.6) is 5.75 Å². The fourth-order valence-corrected chi connectivity index (χ4v) is 2.41. The second-order valence-electron chi connectivity index (χ2n) is 4.71. The first-order valence-corrected chi connectivity index (χ1v) is 6.57. The van der Waals surface area contributed by atoms with Crippen LogP contribution in [0.4, 0.5) is 0 Å². The number of rotatable bonds is 6. The van der Waals surface area contributed by atoms with Gasteiger partial charge in [0.1, 0.15) is 11.5 Å². The second kappa shape index (κ2) is 6.43. The van der Waals surface area contributed by atoms with Crippen molar-refractivity contribution in [2.24, 2.45) is 5.92 Å². The van der Waals surface area contributed by atoms with E-state index >= 15 is 0 Å². The van der Waals surface area contributed by atoms with E-state index in [1.54, 1.807) is 0 Å². The van der Waals surface area contributed by atoms with Crippen LogP contribution in [0.3, 0.4) is 0 Å². The normalized spacial score (nSPS) is 16.0. The number of para-hydroxylation sites is 1. The van der Waals surface area contributed by atoms with Crippen molar-refractivity contribution in [1.82, 2.24) is 0 Å². The van der Waals surface area contributed by atoms with Crippen LogP contribution in [0.25, 0.3) is 0 Å². The Labute approximate surface area is 103 Å². The standard InChI is InChI=1S/C15H20O2/c16-15(13-7-4-5-8-13)11-6-12-17-14-9-2-1-3-10-14/h1-3,9-10,13H,4-8,11-12H2. The molecule has 1 aromatic carbocycles. The van der Waals surface area contributed by atoms with Gasteiger partial charge in [-0.2, -0.15) is 0 Å². The van der Waals surface area contributed by atoms with Gasteiger partial charge in [-0.15, -0.1) is 0 Å². The third-order valence-corrected chi connectivity index (χ3v) is 3.39. The summed E-state index contributed by atoms with van der Waals surface area (Å²) < 4.78 is 5.57. The SMILES string of the molecule is O=C(CCCOc1ccccc1)C1CCCC1. The number of carbonyl (C=O) groups is 1. The van der Waals surface area contributed by atoms with Crippen molar-refractivity contribution in [2.75, 3.05) is 6.61 Å². The first-order chi connectivity index (χ1) is 8.36. The Kier molecular flexibility index (Phi) is 4.60. The maximum Gasteiger partial charge on any atom is 0.136 e. The van der Waals surface area contributed by atoms with E-state index in [1.165, 1.54) is 12.8 Å². The number of ketones is 1. The molecule has 0 aliphatic heterocycles. The van der Waals surface area contributed by atoms with E-state index in [9.17, 15) is 4.79 Å². The van der Waals surface area contributed by atoms with Crippen molar-refractivity contribution in [3.8, 4) is 5.75 Å². The molecule has 1 aromatic rings. The fourth-order valence-electron chi connectivity index (χ4n) is 2.41. The lowest BCUT2D eigenvalue weighted by atomic mass is 9.99. The van der Waals surface area contributed by atoms with E-state index in [1.807, 2.05) is 30.3 Å². The molecular weight excluding hydrogens is 212 g/mol. The van der Waals surface area contributed by atoms with Crippen molar-refractivity contribution in [1.29, 1.82) is 0 Å². The first kappa shape index (κ1) is 12.2. The van der Waals surface area contributed by atoms with Crippen LogP contribution < -0.4 is 4.74 Å². The molecule has 0 heterocycles. The van der Waals surface area contributed by atoms with Gasteiger partial charge >= 0.3 is 0 Å². The van der Waals surface area contributed by atoms with Gasteiger partial charge in [-0.05, 0) is 31.4 Å². The number of hydrogen-bond acceptors (Lipinski definition) is 2. The van der Waals surface area contributed by atoms with Gasteiger partial charge in [-0.3, -0.25) is 4.79 Å². The van der Waals surface area contributed by atoms with Crippen molar-refractivity contribution in [2.45, 2.75) is 38.5 Å². The zero-order valence-corrected chi connectivity index (χ0v) is 10.2. The molecule has 1 fully saturated rings. The van der Waals surface area contributed by atoms with Gasteiger partial charge in [-0.1, -0.05) is 31.0 Å². The van der Waals surface area contributed by atoms with E-state index < -0.39 is 0 Å². The summed E-state index contributed by atoms with van der Waals surface area (Å²) in [5.74, 6) is 1.69. The van der Waals surface area contributed by atoms with Crippen LogP contribution in [-0.2, 0) is 4.79 Å². The van der Waals surface area contributed by atoms with Crippen molar-refractivity contribution < 1.29 is 9.53 Å². The molecule has 0 N–H and O–H groups in total. The molecule has 0 bridgehead atoms. The number of carbonyl (C=O) groups excluding carboxylic acids is 1. The molecule has 0 saturated heterocycles. The number of ether oxygens (including phenoxy) is 1. The smallest absolute Gasteiger partial charge is 0.136 e. The lowest BCUT2D eigenvalue weighted by Gasteiger charge is -2.08. The van der Waals surface area contributed by atoms with Gasteiger partial charge in [0.15, 0.2) is 0 Å². The third kappa shape index (κ3) is 3.88. The number of hydrogen-bond donors (Lipinski definition) is 0. The summed E-state index contributed by atoms with van der Waals surface area (Å²) in [6.45, 7) is 0.641. The Hall–Kier alpha value is -1.31. The molecule has 1 saturated carbocycles. The van der Waals surface area contributed by atoms with Gasteiger partial charge in [0, 0.05) is 12.3 Å². The zero-order chi connectivity index (χ0) is 11.9.